The lowest BCUT2D eigenvalue weighted by atomic mass is 10.2. The van der Waals surface area contributed by atoms with Gasteiger partial charge < -0.3 is 10.4 Å². The average molecular weight is 306 g/mol. The van der Waals surface area contributed by atoms with Gasteiger partial charge in [-0.3, -0.25) is 0 Å². The molecular weight excluding hydrogens is 294 g/mol. The number of fused-ring (bicyclic) bond motifs is 1. The van der Waals surface area contributed by atoms with Gasteiger partial charge in [-0.25, -0.2) is 8.42 Å². The molecule has 0 saturated carbocycles. The standard InChI is InChI=1S/C10H12BrNO3S/c1-6-2-8(11)10-9(3-6)16(14,15)5-7(4-13)12-10/h2-3,7,12-13H,4-5H2,1H3. The summed E-state index contributed by atoms with van der Waals surface area (Å²) in [6, 6.07) is 3.06. The molecule has 2 N–H and O–H groups in total. The Morgan fingerprint density at radius 3 is 2.88 bits per heavy atom. The largest absolute Gasteiger partial charge is 0.394 e. The Bertz CT molecular complexity index is 527. The summed E-state index contributed by atoms with van der Waals surface area (Å²) >= 11 is 3.33. The first kappa shape index (κ1) is 11.9. The first-order valence-electron chi connectivity index (χ1n) is 4.84. The SMILES string of the molecule is Cc1cc(Br)c2c(c1)S(=O)(=O)CC(CO)N2. The summed E-state index contributed by atoms with van der Waals surface area (Å²) < 4.78 is 24.7. The number of anilines is 1. The quantitative estimate of drug-likeness (QED) is 0.821. The number of hydrogen-bond acceptors (Lipinski definition) is 4. The van der Waals surface area contributed by atoms with Crippen LogP contribution in [-0.2, 0) is 9.84 Å². The second-order valence-corrected chi connectivity index (χ2v) is 6.78. The fourth-order valence-corrected chi connectivity index (χ4v) is 4.36. The number of aryl methyl sites for hydroxylation is 1. The van der Waals surface area contributed by atoms with Gasteiger partial charge in [-0.1, -0.05) is 0 Å². The summed E-state index contributed by atoms with van der Waals surface area (Å²) in [6.45, 7) is 1.65. The predicted molar refractivity (Wildman–Crippen MR) is 65.4 cm³/mol. The lowest BCUT2D eigenvalue weighted by molar-refractivity contribution is 0.281. The molecule has 2 rings (SSSR count). The molecular formula is C10H12BrNO3S. The Morgan fingerprint density at radius 1 is 1.56 bits per heavy atom. The van der Waals surface area contributed by atoms with Crippen LogP contribution >= 0.6 is 15.9 Å². The van der Waals surface area contributed by atoms with Crippen LogP contribution in [0.15, 0.2) is 21.5 Å². The van der Waals surface area contributed by atoms with E-state index in [1.54, 1.807) is 6.07 Å². The van der Waals surface area contributed by atoms with Crippen LogP contribution in [0.1, 0.15) is 5.56 Å². The van der Waals surface area contributed by atoms with Crippen LogP contribution in [0.5, 0.6) is 0 Å². The van der Waals surface area contributed by atoms with Gasteiger partial charge in [-0.2, -0.15) is 0 Å². The molecule has 1 aromatic carbocycles. The van der Waals surface area contributed by atoms with E-state index in [4.69, 9.17) is 5.11 Å². The second-order valence-electron chi connectivity index (χ2n) is 3.93. The van der Waals surface area contributed by atoms with Crippen molar-refractivity contribution in [1.29, 1.82) is 0 Å². The van der Waals surface area contributed by atoms with Crippen molar-refractivity contribution < 1.29 is 13.5 Å². The van der Waals surface area contributed by atoms with Crippen LogP contribution in [0.2, 0.25) is 0 Å². The molecule has 1 heterocycles. The van der Waals surface area contributed by atoms with E-state index >= 15 is 0 Å². The molecule has 0 radical (unpaired) electrons. The zero-order valence-electron chi connectivity index (χ0n) is 8.70. The highest BCUT2D eigenvalue weighted by Crippen LogP contribution is 2.35. The van der Waals surface area contributed by atoms with E-state index in [0.717, 1.165) is 5.56 Å². The molecule has 0 bridgehead atoms. The molecule has 1 atom stereocenters. The predicted octanol–water partition coefficient (Wildman–Crippen LogP) is 1.32. The van der Waals surface area contributed by atoms with E-state index in [0.29, 0.717) is 15.1 Å². The maximum Gasteiger partial charge on any atom is 0.182 e. The highest BCUT2D eigenvalue weighted by Gasteiger charge is 2.31. The van der Waals surface area contributed by atoms with E-state index in [1.165, 1.54) is 0 Å². The fraction of sp³-hybridized carbons (Fsp3) is 0.400. The van der Waals surface area contributed by atoms with Crippen molar-refractivity contribution in [3.63, 3.8) is 0 Å². The molecule has 88 valence electrons. The zero-order valence-corrected chi connectivity index (χ0v) is 11.1. The maximum absolute atomic E-state index is 12.0. The number of aliphatic hydroxyl groups is 1. The van der Waals surface area contributed by atoms with Gasteiger partial charge in [0.1, 0.15) is 0 Å². The first-order chi connectivity index (χ1) is 7.44. The molecule has 1 aliphatic heterocycles. The van der Waals surface area contributed by atoms with Gasteiger partial charge >= 0.3 is 0 Å². The van der Waals surface area contributed by atoms with Crippen molar-refractivity contribution in [1.82, 2.24) is 0 Å². The maximum atomic E-state index is 12.0. The summed E-state index contributed by atoms with van der Waals surface area (Å²) in [4.78, 5) is 0.309. The van der Waals surface area contributed by atoms with E-state index in [2.05, 4.69) is 21.2 Å². The second kappa shape index (κ2) is 4.01. The number of rotatable bonds is 1. The third-order valence-corrected chi connectivity index (χ3v) is 4.98. The smallest absolute Gasteiger partial charge is 0.182 e. The van der Waals surface area contributed by atoms with Gasteiger partial charge in [-0.15, -0.1) is 0 Å². The summed E-state index contributed by atoms with van der Waals surface area (Å²) in [5.74, 6) is -0.0631. The van der Waals surface area contributed by atoms with Gasteiger partial charge in [0, 0.05) is 4.47 Å². The van der Waals surface area contributed by atoms with Gasteiger partial charge in [0.05, 0.1) is 29.0 Å². The Hall–Kier alpha value is -0.590. The molecule has 4 nitrogen and oxygen atoms in total. The van der Waals surface area contributed by atoms with Gasteiger partial charge in [0.25, 0.3) is 0 Å². The van der Waals surface area contributed by atoms with E-state index in [-0.39, 0.29) is 12.4 Å². The number of aliphatic hydroxyl groups excluding tert-OH is 1. The third kappa shape index (κ3) is 1.97. The van der Waals surface area contributed by atoms with Crippen LogP contribution in [0.4, 0.5) is 5.69 Å². The molecule has 0 spiro atoms. The van der Waals surface area contributed by atoms with E-state index in [9.17, 15) is 8.42 Å². The highest BCUT2D eigenvalue weighted by atomic mass is 79.9. The normalized spacial score (nSPS) is 22.3. The monoisotopic (exact) mass is 305 g/mol. The lowest BCUT2D eigenvalue weighted by Crippen LogP contribution is -2.37. The molecule has 0 fully saturated rings. The number of hydrogen-bond donors (Lipinski definition) is 2. The third-order valence-electron chi connectivity index (χ3n) is 2.52. The van der Waals surface area contributed by atoms with Crippen LogP contribution in [0.3, 0.4) is 0 Å². The molecule has 0 amide bonds. The van der Waals surface area contributed by atoms with Crippen molar-refractivity contribution in [2.24, 2.45) is 0 Å². The minimum absolute atomic E-state index is 0.0631. The molecule has 0 saturated heterocycles. The van der Waals surface area contributed by atoms with E-state index < -0.39 is 15.9 Å². The molecule has 6 heteroatoms. The minimum atomic E-state index is -3.30. The number of halogens is 1. The Morgan fingerprint density at radius 2 is 2.25 bits per heavy atom. The number of sulfone groups is 1. The van der Waals surface area contributed by atoms with Gasteiger partial charge in [0.15, 0.2) is 9.84 Å². The topological polar surface area (TPSA) is 66.4 Å². The number of nitrogens with one attached hydrogen (secondary N) is 1. The van der Waals surface area contributed by atoms with Crippen molar-refractivity contribution in [2.75, 3.05) is 17.7 Å². The van der Waals surface area contributed by atoms with Crippen molar-refractivity contribution >= 4 is 31.5 Å². The molecule has 1 unspecified atom stereocenters. The average Bonchev–Trinajstić information content (AvgIpc) is 2.18. The summed E-state index contributed by atoms with van der Waals surface area (Å²) in [7, 11) is -3.30. The summed E-state index contributed by atoms with van der Waals surface area (Å²) in [6.07, 6.45) is 0. The molecule has 0 aliphatic carbocycles. The van der Waals surface area contributed by atoms with Crippen molar-refractivity contribution in [3.05, 3.63) is 22.2 Å². The molecule has 1 aromatic rings. The molecule has 1 aliphatic rings. The van der Waals surface area contributed by atoms with Crippen LogP contribution in [-0.4, -0.2) is 31.9 Å². The highest BCUT2D eigenvalue weighted by molar-refractivity contribution is 9.10. The van der Waals surface area contributed by atoms with Gasteiger partial charge in [0.2, 0.25) is 0 Å². The lowest BCUT2D eigenvalue weighted by Gasteiger charge is -2.26. The Kier molecular flexibility index (Phi) is 2.98. The fourth-order valence-electron chi connectivity index (χ4n) is 1.79. The van der Waals surface area contributed by atoms with E-state index in [1.807, 2.05) is 13.0 Å². The van der Waals surface area contributed by atoms with Crippen molar-refractivity contribution in [3.8, 4) is 0 Å². The summed E-state index contributed by atoms with van der Waals surface area (Å²) in [5.41, 5.74) is 1.44. The zero-order chi connectivity index (χ0) is 11.9. The summed E-state index contributed by atoms with van der Waals surface area (Å²) in [5, 5.41) is 12.1. The Balaban J connectivity index is 2.64. The van der Waals surface area contributed by atoms with Crippen LogP contribution in [0.25, 0.3) is 0 Å². The van der Waals surface area contributed by atoms with Crippen molar-refractivity contribution in [2.45, 2.75) is 17.9 Å². The van der Waals surface area contributed by atoms with Gasteiger partial charge in [-0.05, 0) is 40.5 Å². The van der Waals surface area contributed by atoms with Crippen LogP contribution in [0, 0.1) is 6.92 Å². The minimum Gasteiger partial charge on any atom is -0.394 e. The molecule has 0 aromatic heterocycles. The van der Waals surface area contributed by atoms with Crippen LogP contribution < -0.4 is 5.32 Å². The molecule has 16 heavy (non-hydrogen) atoms. The Labute approximate surface area is 103 Å². The number of benzene rings is 1. The first-order valence-corrected chi connectivity index (χ1v) is 7.29.